The number of carbonyl (C=O) groups is 1. The first-order valence-electron chi connectivity index (χ1n) is 7.42. The van der Waals surface area contributed by atoms with Gasteiger partial charge < -0.3 is 34.5 Å². The van der Waals surface area contributed by atoms with Crippen molar-refractivity contribution in [2.45, 2.75) is 25.7 Å². The van der Waals surface area contributed by atoms with Gasteiger partial charge in [-0.25, -0.2) is 13.7 Å². The molecule has 1 amide bonds. The summed E-state index contributed by atoms with van der Waals surface area (Å²) in [5.74, 6) is -0.291. The lowest BCUT2D eigenvalue weighted by Gasteiger charge is -2.31. The Bertz CT molecular complexity index is 737. The Labute approximate surface area is 153 Å². The first-order valence-corrected chi connectivity index (χ1v) is 11.9. The molecular weight excluding hydrogens is 433 g/mol. The normalized spacial score (nSPS) is 30.6. The molecule has 1 saturated heterocycles. The van der Waals surface area contributed by atoms with Crippen LogP contribution in [0.15, 0.2) is 12.3 Å². The van der Waals surface area contributed by atoms with E-state index >= 15 is 0 Å². The highest BCUT2D eigenvalue weighted by Crippen LogP contribution is 2.66. The zero-order valence-corrected chi connectivity index (χ0v) is 16.5. The summed E-state index contributed by atoms with van der Waals surface area (Å²) in [6.45, 7) is 1.56. The zero-order valence-electron chi connectivity index (χ0n) is 13.9. The standard InChI is InChI=1S/C10H19N2O12P3/c1-7-4-8(22-10(7)12-3-2-9(13)11-6-12)5-21-26(17,18)24-27(19,20)23-25(14,15)16/h2-3,7-8,10H,4-6H2,1H3,(H,11,13)(H,17,18)(H,19,20)(H2,14,15,16). The number of phosphoric acid groups is 3. The minimum atomic E-state index is -5.55. The first kappa shape index (κ1) is 22.7. The van der Waals surface area contributed by atoms with E-state index in [2.05, 4.69) is 18.5 Å². The molecule has 0 aromatic rings. The van der Waals surface area contributed by atoms with E-state index in [9.17, 15) is 23.4 Å². The lowest BCUT2D eigenvalue weighted by atomic mass is 10.1. The van der Waals surface area contributed by atoms with Crippen LogP contribution in [0.4, 0.5) is 0 Å². The lowest BCUT2D eigenvalue weighted by Crippen LogP contribution is -2.45. The highest BCUT2D eigenvalue weighted by molar-refractivity contribution is 7.66. The smallest absolute Gasteiger partial charge is 0.352 e. The van der Waals surface area contributed by atoms with Crippen LogP contribution >= 0.6 is 23.5 Å². The summed E-state index contributed by atoms with van der Waals surface area (Å²) in [6.07, 6.45) is 2.14. The van der Waals surface area contributed by atoms with E-state index in [0.29, 0.717) is 6.42 Å². The second-order valence-electron chi connectivity index (χ2n) is 5.78. The Balaban J connectivity index is 1.88. The topological polar surface area (TPSA) is 201 Å². The van der Waals surface area contributed by atoms with Crippen LogP contribution in [0.3, 0.4) is 0 Å². The van der Waals surface area contributed by atoms with Crippen molar-refractivity contribution in [1.82, 2.24) is 10.2 Å². The van der Waals surface area contributed by atoms with Crippen LogP contribution in [0.5, 0.6) is 0 Å². The average molecular weight is 452 g/mol. The molecule has 0 saturated carbocycles. The van der Waals surface area contributed by atoms with Crippen molar-refractivity contribution in [2.24, 2.45) is 5.92 Å². The number of hydrogen-bond acceptors (Lipinski definition) is 9. The fourth-order valence-corrected chi connectivity index (χ4v) is 5.58. The molecular formula is C10H19N2O12P3. The molecule has 2 aliphatic heterocycles. The van der Waals surface area contributed by atoms with Crippen LogP contribution in [-0.2, 0) is 36.4 Å². The lowest BCUT2D eigenvalue weighted by molar-refractivity contribution is -0.120. The van der Waals surface area contributed by atoms with Gasteiger partial charge in [-0.3, -0.25) is 9.32 Å². The van der Waals surface area contributed by atoms with Gasteiger partial charge in [0.05, 0.1) is 19.4 Å². The molecule has 5 atom stereocenters. The molecule has 2 aliphatic rings. The molecule has 0 bridgehead atoms. The van der Waals surface area contributed by atoms with Crippen molar-refractivity contribution >= 4 is 29.4 Å². The van der Waals surface area contributed by atoms with Gasteiger partial charge in [-0.15, -0.1) is 0 Å². The van der Waals surface area contributed by atoms with E-state index in [1.807, 2.05) is 6.92 Å². The summed E-state index contributed by atoms with van der Waals surface area (Å²) in [4.78, 5) is 48.3. The minimum absolute atomic E-state index is 0.0424. The van der Waals surface area contributed by atoms with E-state index in [-0.39, 0.29) is 18.5 Å². The predicted molar refractivity (Wildman–Crippen MR) is 86.2 cm³/mol. The molecule has 5 N–H and O–H groups in total. The number of phosphoric ester groups is 1. The highest BCUT2D eigenvalue weighted by atomic mass is 31.3. The molecule has 1 fully saturated rings. The highest BCUT2D eigenvalue weighted by Gasteiger charge is 2.42. The second-order valence-corrected chi connectivity index (χ2v) is 10.2. The van der Waals surface area contributed by atoms with Crippen molar-refractivity contribution in [1.29, 1.82) is 0 Å². The Morgan fingerprint density at radius 2 is 1.89 bits per heavy atom. The molecule has 27 heavy (non-hydrogen) atoms. The van der Waals surface area contributed by atoms with Crippen molar-refractivity contribution < 1.29 is 55.9 Å². The quantitative estimate of drug-likeness (QED) is 0.308. The van der Waals surface area contributed by atoms with Crippen LogP contribution in [0.25, 0.3) is 0 Å². The van der Waals surface area contributed by atoms with Crippen molar-refractivity contribution in [3.63, 3.8) is 0 Å². The summed E-state index contributed by atoms with van der Waals surface area (Å²) < 4.78 is 51.0. The van der Waals surface area contributed by atoms with Crippen LogP contribution in [0.1, 0.15) is 13.3 Å². The van der Waals surface area contributed by atoms with E-state index in [4.69, 9.17) is 19.4 Å². The molecule has 5 unspecified atom stereocenters. The van der Waals surface area contributed by atoms with Gasteiger partial charge in [0, 0.05) is 18.2 Å². The van der Waals surface area contributed by atoms with Gasteiger partial charge in [0.2, 0.25) is 5.91 Å². The van der Waals surface area contributed by atoms with E-state index < -0.39 is 42.4 Å². The average Bonchev–Trinajstić information content (AvgIpc) is 2.83. The molecule has 0 aromatic carbocycles. The predicted octanol–water partition coefficient (Wildman–Crippen LogP) is -0.0162. The maximum absolute atomic E-state index is 11.7. The maximum atomic E-state index is 11.7. The van der Waals surface area contributed by atoms with Gasteiger partial charge in [0.25, 0.3) is 0 Å². The van der Waals surface area contributed by atoms with Gasteiger partial charge in [-0.2, -0.15) is 8.62 Å². The molecule has 14 nitrogen and oxygen atoms in total. The molecule has 0 radical (unpaired) electrons. The van der Waals surface area contributed by atoms with E-state index in [1.54, 1.807) is 11.1 Å². The summed E-state index contributed by atoms with van der Waals surface area (Å²) in [6, 6.07) is 0. The number of rotatable bonds is 8. The summed E-state index contributed by atoms with van der Waals surface area (Å²) >= 11 is 0. The Morgan fingerprint density at radius 1 is 1.22 bits per heavy atom. The molecule has 0 spiro atoms. The van der Waals surface area contributed by atoms with Crippen LogP contribution < -0.4 is 5.32 Å². The monoisotopic (exact) mass is 452 g/mol. The molecule has 156 valence electrons. The molecule has 2 heterocycles. The van der Waals surface area contributed by atoms with Crippen molar-refractivity contribution in [3.8, 4) is 0 Å². The Hall–Kier alpha value is -0.620. The minimum Gasteiger partial charge on any atom is -0.352 e. The van der Waals surface area contributed by atoms with E-state index in [1.165, 1.54) is 6.08 Å². The van der Waals surface area contributed by atoms with Crippen LogP contribution in [0.2, 0.25) is 0 Å². The number of nitrogens with zero attached hydrogens (tertiary/aromatic N) is 1. The van der Waals surface area contributed by atoms with Crippen LogP contribution in [-0.4, -0.2) is 56.0 Å². The SMILES string of the molecule is CC1CC(COP(=O)(O)OP(=O)(O)OP(=O)(O)O)OC1N1C=CC(=O)NC1. The third-order valence-corrected chi connectivity index (χ3v) is 7.28. The van der Waals surface area contributed by atoms with Crippen molar-refractivity contribution in [3.05, 3.63) is 12.3 Å². The molecule has 0 aliphatic carbocycles. The van der Waals surface area contributed by atoms with Gasteiger partial charge >= 0.3 is 23.5 Å². The van der Waals surface area contributed by atoms with Gasteiger partial charge in [-0.1, -0.05) is 6.92 Å². The number of ether oxygens (including phenoxy) is 1. The molecule has 2 rings (SSSR count). The molecule has 0 aromatic heterocycles. The Kier molecular flexibility index (Phi) is 7.05. The number of carbonyl (C=O) groups excluding carboxylic acids is 1. The summed E-state index contributed by atoms with van der Waals surface area (Å²) in [5.41, 5.74) is 0. The maximum Gasteiger partial charge on any atom is 0.490 e. The fraction of sp³-hybridized carbons (Fsp3) is 0.700. The Morgan fingerprint density at radius 3 is 2.44 bits per heavy atom. The van der Waals surface area contributed by atoms with Gasteiger partial charge in [0.1, 0.15) is 6.23 Å². The number of amides is 1. The largest absolute Gasteiger partial charge is 0.490 e. The van der Waals surface area contributed by atoms with Gasteiger partial charge in [-0.05, 0) is 6.42 Å². The van der Waals surface area contributed by atoms with Crippen LogP contribution in [0, 0.1) is 5.92 Å². The van der Waals surface area contributed by atoms with Crippen molar-refractivity contribution in [2.75, 3.05) is 13.3 Å². The van der Waals surface area contributed by atoms with E-state index in [0.717, 1.165) is 0 Å². The van der Waals surface area contributed by atoms with Gasteiger partial charge in [0.15, 0.2) is 0 Å². The number of nitrogens with one attached hydrogen (secondary N) is 1. The third-order valence-electron chi connectivity index (χ3n) is 3.47. The third kappa shape index (κ3) is 7.37. The zero-order chi connectivity index (χ0) is 20.5. The fourth-order valence-electron chi connectivity index (χ4n) is 2.53. The summed E-state index contributed by atoms with van der Waals surface area (Å²) in [7, 11) is -16.2. The number of hydrogen-bond donors (Lipinski definition) is 5. The first-order chi connectivity index (χ1) is 12.3. The second kappa shape index (κ2) is 8.40. The molecule has 17 heteroatoms. The summed E-state index contributed by atoms with van der Waals surface area (Å²) in [5, 5.41) is 2.59.